The number of halogens is 3. The molecule has 0 spiro atoms. The summed E-state index contributed by atoms with van der Waals surface area (Å²) in [5, 5.41) is 9.20. The lowest BCUT2D eigenvalue weighted by atomic mass is 10.0. The summed E-state index contributed by atoms with van der Waals surface area (Å²) in [6.07, 6.45) is -1.63. The molecule has 3 aromatic heterocycles. The number of amides is 1. The molecule has 0 aliphatic carbocycles. The van der Waals surface area contributed by atoms with Gasteiger partial charge in [0.15, 0.2) is 5.82 Å². The van der Waals surface area contributed by atoms with Crippen molar-refractivity contribution in [3.8, 4) is 5.82 Å². The Bertz CT molecular complexity index is 1230. The van der Waals surface area contributed by atoms with Crippen LogP contribution >= 0.6 is 0 Å². The van der Waals surface area contributed by atoms with Crippen LogP contribution in [-0.2, 0) is 6.18 Å². The summed E-state index contributed by atoms with van der Waals surface area (Å²) in [4.78, 5) is 21.6. The topological polar surface area (TPSA) is 88.5 Å². The number of hydrogen-bond donors (Lipinski definition) is 2. The molecule has 2 N–H and O–H groups in total. The van der Waals surface area contributed by atoms with Crippen LogP contribution in [0.15, 0.2) is 61.1 Å². The maximum Gasteiger partial charge on any atom is 0.416 e. The molecule has 1 amide bonds. The van der Waals surface area contributed by atoms with E-state index >= 15 is 0 Å². The van der Waals surface area contributed by atoms with Gasteiger partial charge in [0.2, 0.25) is 0 Å². The fourth-order valence-corrected chi connectivity index (χ4v) is 3.60. The molecule has 10 heteroatoms. The molecule has 0 unspecified atom stereocenters. The summed E-state index contributed by atoms with van der Waals surface area (Å²) >= 11 is 0. The van der Waals surface area contributed by atoms with Crippen molar-refractivity contribution in [2.45, 2.75) is 26.1 Å². The van der Waals surface area contributed by atoms with E-state index < -0.39 is 23.7 Å². The third-order valence-electron chi connectivity index (χ3n) is 5.08. The van der Waals surface area contributed by atoms with Crippen LogP contribution in [-0.4, -0.2) is 30.6 Å². The van der Waals surface area contributed by atoms with Gasteiger partial charge < -0.3 is 9.88 Å². The molecule has 1 atom stereocenters. The molecule has 0 saturated carbocycles. The number of aromatic amines is 1. The van der Waals surface area contributed by atoms with Crippen LogP contribution in [0, 0.1) is 13.8 Å². The molecule has 0 aliphatic heterocycles. The van der Waals surface area contributed by atoms with Crippen LogP contribution in [0.2, 0.25) is 0 Å². The lowest BCUT2D eigenvalue weighted by Gasteiger charge is -2.18. The number of nitrogens with zero attached hydrogens (tertiary/aromatic N) is 4. The molecule has 164 valence electrons. The van der Waals surface area contributed by atoms with Crippen LogP contribution in [0.25, 0.3) is 5.82 Å². The van der Waals surface area contributed by atoms with E-state index in [4.69, 9.17) is 0 Å². The van der Waals surface area contributed by atoms with Crippen LogP contribution in [0.3, 0.4) is 0 Å². The summed E-state index contributed by atoms with van der Waals surface area (Å²) in [6.45, 7) is 3.63. The molecular weight excluding hydrogens is 421 g/mol. The zero-order chi connectivity index (χ0) is 22.9. The van der Waals surface area contributed by atoms with Gasteiger partial charge in [-0.3, -0.25) is 9.89 Å². The first kappa shape index (κ1) is 21.3. The minimum atomic E-state index is -4.51. The molecule has 0 fully saturated rings. The Morgan fingerprint density at radius 3 is 2.56 bits per heavy atom. The average Bonchev–Trinajstić information content (AvgIpc) is 3.40. The molecule has 1 aromatic carbocycles. The monoisotopic (exact) mass is 440 g/mol. The number of aromatic nitrogens is 5. The van der Waals surface area contributed by atoms with Crippen molar-refractivity contribution < 1.29 is 18.0 Å². The molecule has 3 heterocycles. The molecule has 0 aliphatic rings. The van der Waals surface area contributed by atoms with E-state index in [1.165, 1.54) is 18.5 Å². The van der Waals surface area contributed by atoms with Crippen LogP contribution in [0.5, 0.6) is 0 Å². The van der Waals surface area contributed by atoms with Crippen molar-refractivity contribution in [2.75, 3.05) is 0 Å². The number of carbonyl (C=O) groups excluding carboxylic acids is 1. The second-order valence-corrected chi connectivity index (χ2v) is 7.21. The number of aryl methyl sites for hydroxylation is 1. The zero-order valence-corrected chi connectivity index (χ0v) is 17.2. The van der Waals surface area contributed by atoms with Crippen LogP contribution in [0.4, 0.5) is 13.2 Å². The molecule has 4 aromatic rings. The largest absolute Gasteiger partial charge is 0.416 e. The Kier molecular flexibility index (Phi) is 5.52. The highest BCUT2D eigenvalue weighted by Gasteiger charge is 2.32. The SMILES string of the molecule is Cc1cc(C(=O)N[C@H](c2cccc(C(F)(F)F)c2)c2ncn[nH]2)c(C)n1-c1ccccn1. The van der Waals surface area contributed by atoms with E-state index in [1.807, 2.05) is 23.6 Å². The van der Waals surface area contributed by atoms with Gasteiger partial charge in [-0.1, -0.05) is 18.2 Å². The van der Waals surface area contributed by atoms with E-state index in [9.17, 15) is 18.0 Å². The predicted molar refractivity (Wildman–Crippen MR) is 110 cm³/mol. The fourth-order valence-electron chi connectivity index (χ4n) is 3.60. The quantitative estimate of drug-likeness (QED) is 0.488. The number of benzene rings is 1. The van der Waals surface area contributed by atoms with Crippen molar-refractivity contribution >= 4 is 5.91 Å². The molecule has 32 heavy (non-hydrogen) atoms. The smallest absolute Gasteiger partial charge is 0.338 e. The van der Waals surface area contributed by atoms with Crippen molar-refractivity contribution in [2.24, 2.45) is 0 Å². The van der Waals surface area contributed by atoms with Gasteiger partial charge in [0.25, 0.3) is 5.91 Å². The summed E-state index contributed by atoms with van der Waals surface area (Å²) in [7, 11) is 0. The van der Waals surface area contributed by atoms with Gasteiger partial charge in [-0.2, -0.15) is 18.3 Å². The van der Waals surface area contributed by atoms with E-state index in [2.05, 4.69) is 25.5 Å². The summed E-state index contributed by atoms with van der Waals surface area (Å²) in [6, 6.07) is 11.0. The summed E-state index contributed by atoms with van der Waals surface area (Å²) in [5.41, 5.74) is 1.23. The van der Waals surface area contributed by atoms with Gasteiger partial charge in [0.05, 0.1) is 11.1 Å². The first-order chi connectivity index (χ1) is 15.3. The number of rotatable bonds is 5. The minimum absolute atomic E-state index is 0.219. The molecular formula is C22H19F3N6O. The van der Waals surface area contributed by atoms with E-state index in [-0.39, 0.29) is 11.4 Å². The number of carbonyl (C=O) groups is 1. The normalized spacial score (nSPS) is 12.5. The summed E-state index contributed by atoms with van der Waals surface area (Å²) < 4.78 is 41.5. The van der Waals surface area contributed by atoms with Gasteiger partial charge >= 0.3 is 6.18 Å². The molecule has 0 bridgehead atoms. The Hall–Kier alpha value is -3.95. The van der Waals surface area contributed by atoms with E-state index in [0.717, 1.165) is 17.8 Å². The van der Waals surface area contributed by atoms with Crippen molar-refractivity contribution in [1.82, 2.24) is 30.0 Å². The van der Waals surface area contributed by atoms with Crippen molar-refractivity contribution in [1.29, 1.82) is 0 Å². The highest BCUT2D eigenvalue weighted by molar-refractivity contribution is 5.96. The maximum atomic E-state index is 13.2. The predicted octanol–water partition coefficient (Wildman–Crippen LogP) is 4.15. The third-order valence-corrected chi connectivity index (χ3v) is 5.08. The first-order valence-electron chi connectivity index (χ1n) is 9.69. The molecule has 4 rings (SSSR count). The average molecular weight is 440 g/mol. The Labute approximate surface area is 181 Å². The fraction of sp³-hybridized carbons (Fsp3) is 0.182. The molecule has 7 nitrogen and oxygen atoms in total. The van der Waals surface area contributed by atoms with Gasteiger partial charge in [-0.25, -0.2) is 9.97 Å². The molecule has 0 radical (unpaired) electrons. The Morgan fingerprint density at radius 1 is 1.09 bits per heavy atom. The van der Waals surface area contributed by atoms with Crippen LogP contribution in [0.1, 0.15) is 44.7 Å². The first-order valence-corrected chi connectivity index (χ1v) is 9.69. The highest BCUT2D eigenvalue weighted by Crippen LogP contribution is 2.32. The Morgan fingerprint density at radius 2 is 1.91 bits per heavy atom. The number of hydrogen-bond acceptors (Lipinski definition) is 4. The minimum Gasteiger partial charge on any atom is -0.338 e. The van der Waals surface area contributed by atoms with Gasteiger partial charge in [-0.15, -0.1) is 0 Å². The maximum absolute atomic E-state index is 13.2. The van der Waals surface area contributed by atoms with E-state index in [1.54, 1.807) is 25.3 Å². The number of H-pyrrole nitrogens is 1. The highest BCUT2D eigenvalue weighted by atomic mass is 19.4. The standard InChI is InChI=1S/C22H19F3N6O/c1-13-10-17(14(2)31(13)18-8-3-4-9-26-18)21(32)29-19(20-27-12-28-30-20)15-6-5-7-16(11-15)22(23,24)25/h3-12,19H,1-2H3,(H,29,32)(H,27,28,30)/t19-/m1/s1. The summed E-state index contributed by atoms with van der Waals surface area (Å²) in [5.74, 6) is 0.418. The Balaban J connectivity index is 1.70. The number of alkyl halides is 3. The zero-order valence-electron chi connectivity index (χ0n) is 17.2. The second-order valence-electron chi connectivity index (χ2n) is 7.21. The number of pyridine rings is 1. The third kappa shape index (κ3) is 4.11. The van der Waals surface area contributed by atoms with Crippen molar-refractivity contribution in [3.63, 3.8) is 0 Å². The number of nitrogens with one attached hydrogen (secondary N) is 2. The van der Waals surface area contributed by atoms with Gasteiger partial charge in [-0.05, 0) is 49.7 Å². The molecule has 0 saturated heterocycles. The lowest BCUT2D eigenvalue weighted by molar-refractivity contribution is -0.137. The van der Waals surface area contributed by atoms with Gasteiger partial charge in [0.1, 0.15) is 18.2 Å². The lowest BCUT2D eigenvalue weighted by Crippen LogP contribution is -2.30. The van der Waals surface area contributed by atoms with Crippen molar-refractivity contribution in [3.05, 3.63) is 95.0 Å². The van der Waals surface area contributed by atoms with E-state index in [0.29, 0.717) is 17.1 Å². The second kappa shape index (κ2) is 8.29. The van der Waals surface area contributed by atoms with Gasteiger partial charge in [0, 0.05) is 17.6 Å². The van der Waals surface area contributed by atoms with Crippen LogP contribution < -0.4 is 5.32 Å².